The van der Waals surface area contributed by atoms with Crippen LogP contribution in [0.4, 0.5) is 5.69 Å². The van der Waals surface area contributed by atoms with Crippen LogP contribution in [0.15, 0.2) is 23.1 Å². The van der Waals surface area contributed by atoms with Crippen LogP contribution in [-0.4, -0.2) is 32.7 Å². The van der Waals surface area contributed by atoms with Crippen LogP contribution in [0.1, 0.15) is 12.0 Å². The third kappa shape index (κ3) is 5.96. The molecule has 0 fully saturated rings. The fourth-order valence-corrected chi connectivity index (χ4v) is 2.23. The van der Waals surface area contributed by atoms with Gasteiger partial charge in [0.15, 0.2) is 0 Å². The van der Waals surface area contributed by atoms with Crippen molar-refractivity contribution in [3.05, 3.63) is 23.8 Å². The average molecular weight is 255 g/mol. The largest absolute Gasteiger partial charge is 0.399 e. The highest BCUT2D eigenvalue weighted by atomic mass is 32.2. The molecule has 0 spiro atoms. The van der Waals surface area contributed by atoms with Gasteiger partial charge >= 0.3 is 0 Å². The van der Waals surface area contributed by atoms with Crippen molar-refractivity contribution in [3.8, 4) is 0 Å². The summed E-state index contributed by atoms with van der Waals surface area (Å²) in [4.78, 5) is 1.25. The highest BCUT2D eigenvalue weighted by molar-refractivity contribution is 7.99. The minimum absolute atomic E-state index is 0.768. The molecular formula is C13H21NO2S. The van der Waals surface area contributed by atoms with E-state index in [1.54, 1.807) is 18.9 Å². The number of methoxy groups -OCH3 is 1. The fraction of sp³-hybridized carbons (Fsp3) is 0.538. The van der Waals surface area contributed by atoms with Crippen molar-refractivity contribution in [3.63, 3.8) is 0 Å². The number of nitrogens with two attached hydrogens (primary N) is 1. The second kappa shape index (κ2) is 8.39. The summed E-state index contributed by atoms with van der Waals surface area (Å²) in [6, 6.07) is 6.12. The molecule has 0 saturated heterocycles. The maximum atomic E-state index is 5.77. The molecule has 2 N–H and O–H groups in total. The van der Waals surface area contributed by atoms with Gasteiger partial charge in [0.05, 0.1) is 6.61 Å². The number of hydrogen-bond acceptors (Lipinski definition) is 4. The molecule has 0 bridgehead atoms. The summed E-state index contributed by atoms with van der Waals surface area (Å²) >= 11 is 1.80. The molecule has 1 aromatic rings. The predicted octanol–water partition coefficient (Wildman–Crippen LogP) is 2.72. The number of nitrogen functional groups attached to an aromatic ring is 1. The Labute approximate surface area is 108 Å². The van der Waals surface area contributed by atoms with Gasteiger partial charge < -0.3 is 15.2 Å². The standard InChI is InChI=1S/C13H21NO2S/c1-11-10-12(4-5-13(11)14)17-9-8-16-7-3-6-15-2/h4-5,10H,3,6-9,14H2,1-2H3. The topological polar surface area (TPSA) is 44.5 Å². The van der Waals surface area contributed by atoms with Crippen molar-refractivity contribution >= 4 is 17.4 Å². The van der Waals surface area contributed by atoms with E-state index in [0.29, 0.717) is 0 Å². The first kappa shape index (κ1) is 14.4. The summed E-state index contributed by atoms with van der Waals surface area (Å²) in [5.74, 6) is 0.969. The van der Waals surface area contributed by atoms with Crippen molar-refractivity contribution in [1.82, 2.24) is 0 Å². The van der Waals surface area contributed by atoms with Crippen molar-refractivity contribution < 1.29 is 9.47 Å². The van der Waals surface area contributed by atoms with E-state index in [9.17, 15) is 0 Å². The van der Waals surface area contributed by atoms with Crippen LogP contribution in [0.3, 0.4) is 0 Å². The first-order chi connectivity index (χ1) is 8.24. The van der Waals surface area contributed by atoms with E-state index in [-0.39, 0.29) is 0 Å². The number of thioether (sulfide) groups is 1. The zero-order valence-corrected chi connectivity index (χ0v) is 11.4. The molecule has 0 aliphatic rings. The number of benzene rings is 1. The Balaban J connectivity index is 2.11. The van der Waals surface area contributed by atoms with Gasteiger partial charge in [-0.05, 0) is 37.1 Å². The Morgan fingerprint density at radius 3 is 2.76 bits per heavy atom. The lowest BCUT2D eigenvalue weighted by Crippen LogP contribution is -2.02. The fourth-order valence-electron chi connectivity index (χ4n) is 1.36. The molecule has 0 radical (unpaired) electrons. The maximum absolute atomic E-state index is 5.77. The van der Waals surface area contributed by atoms with E-state index < -0.39 is 0 Å². The molecule has 0 aromatic heterocycles. The molecule has 17 heavy (non-hydrogen) atoms. The van der Waals surface area contributed by atoms with Crippen LogP contribution in [0.25, 0.3) is 0 Å². The molecule has 0 unspecified atom stereocenters. The summed E-state index contributed by atoms with van der Waals surface area (Å²) in [5.41, 5.74) is 7.75. The van der Waals surface area contributed by atoms with Crippen LogP contribution < -0.4 is 5.73 Å². The minimum atomic E-state index is 0.768. The third-order valence-corrected chi connectivity index (χ3v) is 3.33. The monoisotopic (exact) mass is 255 g/mol. The van der Waals surface area contributed by atoms with E-state index >= 15 is 0 Å². The van der Waals surface area contributed by atoms with Crippen LogP contribution in [0, 0.1) is 6.92 Å². The number of hydrogen-bond donors (Lipinski definition) is 1. The molecule has 0 aliphatic heterocycles. The van der Waals surface area contributed by atoms with Crippen LogP contribution >= 0.6 is 11.8 Å². The van der Waals surface area contributed by atoms with E-state index in [0.717, 1.165) is 43.2 Å². The third-order valence-electron chi connectivity index (χ3n) is 2.37. The number of aryl methyl sites for hydroxylation is 1. The van der Waals surface area contributed by atoms with Crippen molar-refractivity contribution in [2.24, 2.45) is 0 Å². The van der Waals surface area contributed by atoms with Gasteiger partial charge in [-0.2, -0.15) is 0 Å². The molecule has 0 heterocycles. The molecule has 1 rings (SSSR count). The van der Waals surface area contributed by atoms with E-state index in [1.165, 1.54) is 4.90 Å². The number of anilines is 1. The average Bonchev–Trinajstić information content (AvgIpc) is 2.32. The Hall–Kier alpha value is -0.710. The second-order valence-corrected chi connectivity index (χ2v) is 4.99. The summed E-state index contributed by atoms with van der Waals surface area (Å²) in [6.45, 7) is 4.35. The first-order valence-electron chi connectivity index (χ1n) is 5.79. The van der Waals surface area contributed by atoms with E-state index in [1.807, 2.05) is 13.0 Å². The molecule has 4 heteroatoms. The molecule has 0 aliphatic carbocycles. The Bertz CT molecular complexity index is 331. The van der Waals surface area contributed by atoms with Crippen molar-refractivity contribution in [1.29, 1.82) is 0 Å². The smallest absolute Gasteiger partial charge is 0.0560 e. The van der Waals surface area contributed by atoms with Gasteiger partial charge in [-0.1, -0.05) is 0 Å². The van der Waals surface area contributed by atoms with Gasteiger partial charge in [0.1, 0.15) is 0 Å². The van der Waals surface area contributed by atoms with E-state index in [4.69, 9.17) is 15.2 Å². The predicted molar refractivity (Wildman–Crippen MR) is 73.6 cm³/mol. The van der Waals surface area contributed by atoms with E-state index in [2.05, 4.69) is 12.1 Å². The summed E-state index contributed by atoms with van der Waals surface area (Å²) < 4.78 is 10.4. The zero-order chi connectivity index (χ0) is 12.5. The lowest BCUT2D eigenvalue weighted by molar-refractivity contribution is 0.113. The molecule has 0 saturated carbocycles. The Kier molecular flexibility index (Phi) is 7.08. The lowest BCUT2D eigenvalue weighted by Gasteiger charge is -2.06. The molecule has 1 aromatic carbocycles. The van der Waals surface area contributed by atoms with Crippen molar-refractivity contribution in [2.45, 2.75) is 18.2 Å². The second-order valence-electron chi connectivity index (χ2n) is 3.83. The van der Waals surface area contributed by atoms with Gasteiger partial charge in [-0.25, -0.2) is 0 Å². The summed E-state index contributed by atoms with van der Waals surface area (Å²) in [7, 11) is 1.71. The van der Waals surface area contributed by atoms with Crippen LogP contribution in [-0.2, 0) is 9.47 Å². The molecule has 96 valence electrons. The molecule has 0 atom stereocenters. The van der Waals surface area contributed by atoms with Gasteiger partial charge in [-0.15, -0.1) is 11.8 Å². The maximum Gasteiger partial charge on any atom is 0.0560 e. The number of ether oxygens (including phenoxy) is 2. The summed E-state index contributed by atoms with van der Waals surface area (Å²) in [5, 5.41) is 0. The van der Waals surface area contributed by atoms with Crippen molar-refractivity contribution in [2.75, 3.05) is 38.4 Å². The molecular weight excluding hydrogens is 234 g/mol. The van der Waals surface area contributed by atoms with Gasteiger partial charge in [0.25, 0.3) is 0 Å². The highest BCUT2D eigenvalue weighted by Gasteiger charge is 1.97. The quantitative estimate of drug-likeness (QED) is 0.441. The number of rotatable bonds is 8. The van der Waals surface area contributed by atoms with Gasteiger partial charge in [0.2, 0.25) is 0 Å². The zero-order valence-electron chi connectivity index (χ0n) is 10.6. The van der Waals surface area contributed by atoms with Gasteiger partial charge in [0, 0.05) is 36.7 Å². The van der Waals surface area contributed by atoms with Crippen LogP contribution in [0.5, 0.6) is 0 Å². The highest BCUT2D eigenvalue weighted by Crippen LogP contribution is 2.22. The molecule has 0 amide bonds. The van der Waals surface area contributed by atoms with Crippen LogP contribution in [0.2, 0.25) is 0 Å². The Morgan fingerprint density at radius 1 is 1.24 bits per heavy atom. The first-order valence-corrected chi connectivity index (χ1v) is 6.78. The SMILES string of the molecule is COCCCOCCSc1ccc(N)c(C)c1. The summed E-state index contributed by atoms with van der Waals surface area (Å²) in [6.07, 6.45) is 0.960. The lowest BCUT2D eigenvalue weighted by atomic mass is 10.2. The van der Waals surface area contributed by atoms with Gasteiger partial charge in [-0.3, -0.25) is 0 Å². The Morgan fingerprint density at radius 2 is 2.06 bits per heavy atom. The minimum Gasteiger partial charge on any atom is -0.399 e. The molecule has 3 nitrogen and oxygen atoms in total. The normalized spacial score (nSPS) is 10.7.